The minimum atomic E-state index is -0.510. The molecular weight excluding hydrogens is 182 g/mol. The molecule has 0 aromatic rings. The van der Waals surface area contributed by atoms with Crippen LogP contribution in [0.4, 0.5) is 0 Å². The summed E-state index contributed by atoms with van der Waals surface area (Å²) in [5.41, 5.74) is 0. The minimum absolute atomic E-state index is 0.101. The molecule has 0 spiro atoms. The van der Waals surface area contributed by atoms with Crippen molar-refractivity contribution in [2.45, 2.75) is 39.7 Å². The lowest BCUT2D eigenvalue weighted by molar-refractivity contribution is -0.148. The molecule has 0 heterocycles. The van der Waals surface area contributed by atoms with Crippen LogP contribution in [0.1, 0.15) is 33.6 Å². The third-order valence-corrected chi connectivity index (χ3v) is 2.16. The van der Waals surface area contributed by atoms with E-state index in [4.69, 9.17) is 4.74 Å². The molecule has 0 saturated carbocycles. The number of hydrogen-bond donors (Lipinski definition) is 1. The van der Waals surface area contributed by atoms with Crippen molar-refractivity contribution in [2.24, 2.45) is 5.92 Å². The maximum Gasteiger partial charge on any atom is 0.328 e. The van der Waals surface area contributed by atoms with E-state index < -0.39 is 6.04 Å². The molecular formula is C10H19NO3. The van der Waals surface area contributed by atoms with Gasteiger partial charge in [0, 0.05) is 0 Å². The summed E-state index contributed by atoms with van der Waals surface area (Å²) in [5.74, 6) is -0.238. The fourth-order valence-electron chi connectivity index (χ4n) is 1.07. The zero-order valence-electron chi connectivity index (χ0n) is 9.08. The first-order valence-electron chi connectivity index (χ1n) is 5.03. The van der Waals surface area contributed by atoms with E-state index in [9.17, 15) is 9.59 Å². The fourth-order valence-corrected chi connectivity index (χ4v) is 1.07. The molecule has 0 fully saturated rings. The number of carbonyl (C=O) groups excluding carboxylic acids is 2. The lowest BCUT2D eigenvalue weighted by Gasteiger charge is -2.20. The van der Waals surface area contributed by atoms with Crippen LogP contribution in [0.3, 0.4) is 0 Å². The SMILES string of the molecule is CCCOC(=O)C(NC=O)C(C)CC. The molecule has 1 amide bonds. The van der Waals surface area contributed by atoms with E-state index in [2.05, 4.69) is 5.32 Å². The number of amides is 1. The molecule has 0 aliphatic heterocycles. The highest BCUT2D eigenvalue weighted by atomic mass is 16.5. The Bertz CT molecular complexity index is 182. The molecule has 0 aliphatic rings. The van der Waals surface area contributed by atoms with E-state index in [0.29, 0.717) is 13.0 Å². The van der Waals surface area contributed by atoms with Gasteiger partial charge in [0.05, 0.1) is 6.61 Å². The fraction of sp³-hybridized carbons (Fsp3) is 0.800. The van der Waals surface area contributed by atoms with Crippen molar-refractivity contribution in [1.29, 1.82) is 0 Å². The second-order valence-corrected chi connectivity index (χ2v) is 3.32. The topological polar surface area (TPSA) is 55.4 Å². The molecule has 0 bridgehead atoms. The third-order valence-electron chi connectivity index (χ3n) is 2.16. The minimum Gasteiger partial charge on any atom is -0.464 e. The Balaban J connectivity index is 4.17. The van der Waals surface area contributed by atoms with E-state index in [0.717, 1.165) is 12.8 Å². The number of hydrogen-bond acceptors (Lipinski definition) is 3. The van der Waals surface area contributed by atoms with Crippen LogP contribution in [-0.4, -0.2) is 25.0 Å². The summed E-state index contributed by atoms with van der Waals surface area (Å²) in [7, 11) is 0. The Morgan fingerprint density at radius 3 is 2.57 bits per heavy atom. The van der Waals surface area contributed by atoms with E-state index in [1.54, 1.807) is 0 Å². The van der Waals surface area contributed by atoms with Crippen LogP contribution in [0.25, 0.3) is 0 Å². The van der Waals surface area contributed by atoms with Crippen LogP contribution in [0.2, 0.25) is 0 Å². The smallest absolute Gasteiger partial charge is 0.328 e. The summed E-state index contributed by atoms with van der Waals surface area (Å²) >= 11 is 0. The highest BCUT2D eigenvalue weighted by Crippen LogP contribution is 2.08. The Kier molecular flexibility index (Phi) is 6.80. The number of ether oxygens (including phenoxy) is 1. The van der Waals surface area contributed by atoms with Gasteiger partial charge in [0.2, 0.25) is 6.41 Å². The van der Waals surface area contributed by atoms with Gasteiger partial charge < -0.3 is 10.1 Å². The normalized spacial score (nSPS) is 14.2. The highest BCUT2D eigenvalue weighted by Gasteiger charge is 2.24. The molecule has 0 aromatic carbocycles. The van der Waals surface area contributed by atoms with Crippen molar-refractivity contribution in [3.05, 3.63) is 0 Å². The van der Waals surface area contributed by atoms with Crippen molar-refractivity contribution in [3.8, 4) is 0 Å². The summed E-state index contributed by atoms with van der Waals surface area (Å²) in [6.07, 6.45) is 2.16. The summed E-state index contributed by atoms with van der Waals surface area (Å²) in [6, 6.07) is -0.510. The zero-order chi connectivity index (χ0) is 11.0. The standard InChI is InChI=1S/C10H19NO3/c1-4-6-14-10(13)9(11-7-12)8(3)5-2/h7-9H,4-6H2,1-3H3,(H,11,12). The van der Waals surface area contributed by atoms with Crippen molar-refractivity contribution in [2.75, 3.05) is 6.61 Å². The molecule has 2 atom stereocenters. The molecule has 1 N–H and O–H groups in total. The van der Waals surface area contributed by atoms with Crippen molar-refractivity contribution < 1.29 is 14.3 Å². The van der Waals surface area contributed by atoms with Crippen LogP contribution < -0.4 is 5.32 Å². The second-order valence-electron chi connectivity index (χ2n) is 3.32. The number of carbonyl (C=O) groups is 2. The molecule has 0 aliphatic carbocycles. The molecule has 0 rings (SSSR count). The summed E-state index contributed by atoms with van der Waals surface area (Å²) in [5, 5.41) is 2.49. The summed E-state index contributed by atoms with van der Waals surface area (Å²) in [4.78, 5) is 21.7. The Morgan fingerprint density at radius 2 is 2.14 bits per heavy atom. The predicted molar refractivity (Wildman–Crippen MR) is 53.7 cm³/mol. The van der Waals surface area contributed by atoms with E-state index in [1.165, 1.54) is 0 Å². The predicted octanol–water partition coefficient (Wildman–Crippen LogP) is 1.10. The Labute approximate surface area is 85.0 Å². The number of nitrogens with one attached hydrogen (secondary N) is 1. The number of rotatable bonds is 7. The van der Waals surface area contributed by atoms with Crippen LogP contribution in [-0.2, 0) is 14.3 Å². The first-order chi connectivity index (χ1) is 6.67. The molecule has 0 radical (unpaired) electrons. The summed E-state index contributed by atoms with van der Waals surface area (Å²) in [6.45, 7) is 6.22. The average Bonchev–Trinajstić information content (AvgIpc) is 2.21. The molecule has 14 heavy (non-hydrogen) atoms. The first-order valence-corrected chi connectivity index (χ1v) is 5.03. The van der Waals surface area contributed by atoms with E-state index in [-0.39, 0.29) is 11.9 Å². The lowest BCUT2D eigenvalue weighted by atomic mass is 10.00. The average molecular weight is 201 g/mol. The molecule has 0 aromatic heterocycles. The van der Waals surface area contributed by atoms with Crippen LogP contribution >= 0.6 is 0 Å². The van der Waals surface area contributed by atoms with Crippen LogP contribution in [0.15, 0.2) is 0 Å². The van der Waals surface area contributed by atoms with Crippen molar-refractivity contribution in [1.82, 2.24) is 5.32 Å². The van der Waals surface area contributed by atoms with Gasteiger partial charge in [-0.05, 0) is 12.3 Å². The monoisotopic (exact) mass is 201 g/mol. The van der Waals surface area contributed by atoms with Gasteiger partial charge in [0.25, 0.3) is 0 Å². The van der Waals surface area contributed by atoms with Gasteiger partial charge in [0.15, 0.2) is 0 Å². The quantitative estimate of drug-likeness (QED) is 0.495. The maximum atomic E-state index is 11.4. The van der Waals surface area contributed by atoms with Gasteiger partial charge in [0.1, 0.15) is 6.04 Å². The molecule has 82 valence electrons. The second kappa shape index (κ2) is 7.35. The molecule has 4 nitrogen and oxygen atoms in total. The van der Waals surface area contributed by atoms with Crippen LogP contribution in [0, 0.1) is 5.92 Å². The summed E-state index contributed by atoms with van der Waals surface area (Å²) < 4.78 is 4.97. The largest absolute Gasteiger partial charge is 0.464 e. The van der Waals surface area contributed by atoms with Gasteiger partial charge in [-0.15, -0.1) is 0 Å². The lowest BCUT2D eigenvalue weighted by Crippen LogP contribution is -2.42. The highest BCUT2D eigenvalue weighted by molar-refractivity contribution is 5.78. The van der Waals surface area contributed by atoms with E-state index in [1.807, 2.05) is 20.8 Å². The van der Waals surface area contributed by atoms with Crippen LogP contribution in [0.5, 0.6) is 0 Å². The molecule has 0 saturated heterocycles. The Hall–Kier alpha value is -1.06. The molecule has 2 unspecified atom stereocenters. The van der Waals surface area contributed by atoms with Gasteiger partial charge >= 0.3 is 5.97 Å². The maximum absolute atomic E-state index is 11.4. The van der Waals surface area contributed by atoms with Gasteiger partial charge in [-0.25, -0.2) is 4.79 Å². The van der Waals surface area contributed by atoms with Crippen molar-refractivity contribution in [3.63, 3.8) is 0 Å². The molecule has 4 heteroatoms. The van der Waals surface area contributed by atoms with Gasteiger partial charge in [-0.2, -0.15) is 0 Å². The zero-order valence-corrected chi connectivity index (χ0v) is 9.08. The third kappa shape index (κ3) is 4.25. The Morgan fingerprint density at radius 1 is 1.50 bits per heavy atom. The van der Waals surface area contributed by atoms with Gasteiger partial charge in [-0.3, -0.25) is 4.79 Å². The number of esters is 1. The first kappa shape index (κ1) is 12.9. The van der Waals surface area contributed by atoms with Gasteiger partial charge in [-0.1, -0.05) is 27.2 Å². The van der Waals surface area contributed by atoms with Crippen molar-refractivity contribution >= 4 is 12.4 Å². The van der Waals surface area contributed by atoms with E-state index >= 15 is 0 Å².